The minimum absolute atomic E-state index is 0.213. The van der Waals surface area contributed by atoms with Crippen LogP contribution in [-0.4, -0.2) is 25.5 Å². The van der Waals surface area contributed by atoms with Crippen LogP contribution in [0.4, 0.5) is 0 Å². The lowest BCUT2D eigenvalue weighted by Crippen LogP contribution is -2.44. The molecule has 0 heterocycles. The monoisotopic (exact) mass is 362 g/mol. The maximum Gasteiger partial charge on any atom is 0.276 e. The Morgan fingerprint density at radius 1 is 1.08 bits per heavy atom. The molecule has 0 aromatic heterocycles. The van der Waals surface area contributed by atoms with Gasteiger partial charge >= 0.3 is 0 Å². The maximum absolute atomic E-state index is 12.1. The molecule has 2 amide bonds. The minimum atomic E-state index is -0.518. The second kappa shape index (κ2) is 8.94. The number of hydrazine groups is 1. The van der Waals surface area contributed by atoms with Crippen LogP contribution < -0.4 is 20.3 Å². The Bertz CT molecular complexity index is 764. The number of carbonyl (C=O) groups excluding carboxylic acids is 2. The fraction of sp³-hybridized carbons (Fsp3) is 0.222. The molecule has 0 bridgehead atoms. The van der Waals surface area contributed by atoms with E-state index in [0.29, 0.717) is 16.5 Å². The number of amides is 2. The molecule has 0 aliphatic carbocycles. The number of hydrogen-bond acceptors (Lipinski definition) is 4. The van der Waals surface area contributed by atoms with Crippen LogP contribution in [0.15, 0.2) is 42.5 Å². The van der Waals surface area contributed by atoms with Gasteiger partial charge in [-0.2, -0.15) is 0 Å². The molecule has 0 atom stereocenters. The summed E-state index contributed by atoms with van der Waals surface area (Å²) in [6, 6.07) is 12.1. The van der Waals surface area contributed by atoms with Gasteiger partial charge in [-0.15, -0.1) is 0 Å². The average molecular weight is 363 g/mol. The summed E-state index contributed by atoms with van der Waals surface area (Å²) in [6.07, 6.45) is 0.797. The zero-order valence-corrected chi connectivity index (χ0v) is 14.7. The number of hydrogen-bond donors (Lipinski definition) is 2. The van der Waals surface area contributed by atoms with Gasteiger partial charge in [0.1, 0.15) is 11.5 Å². The Morgan fingerprint density at radius 2 is 1.84 bits per heavy atom. The second-order valence-electron chi connectivity index (χ2n) is 5.10. The molecule has 2 aromatic carbocycles. The van der Waals surface area contributed by atoms with Crippen molar-refractivity contribution < 1.29 is 19.1 Å². The number of nitrogens with one attached hydrogen (secondary N) is 2. The van der Waals surface area contributed by atoms with E-state index in [9.17, 15) is 9.59 Å². The fourth-order valence-corrected chi connectivity index (χ4v) is 2.32. The van der Waals surface area contributed by atoms with Crippen molar-refractivity contribution in [2.75, 3.05) is 13.7 Å². The first-order valence-corrected chi connectivity index (χ1v) is 8.06. The molecule has 0 fully saturated rings. The van der Waals surface area contributed by atoms with Crippen molar-refractivity contribution >= 4 is 23.4 Å². The van der Waals surface area contributed by atoms with Crippen LogP contribution in [0, 0.1) is 0 Å². The third-order valence-electron chi connectivity index (χ3n) is 3.44. The Balaban J connectivity index is 1.88. The number of methoxy groups -OCH3 is 1. The minimum Gasteiger partial charge on any atom is -0.496 e. The Labute approximate surface area is 151 Å². The highest BCUT2D eigenvalue weighted by Gasteiger charge is 2.14. The molecule has 0 aliphatic heterocycles. The van der Waals surface area contributed by atoms with Crippen LogP contribution in [0.1, 0.15) is 22.8 Å². The van der Waals surface area contributed by atoms with Crippen LogP contribution in [0.5, 0.6) is 11.5 Å². The molecule has 6 nitrogen and oxygen atoms in total. The van der Waals surface area contributed by atoms with Gasteiger partial charge in [0, 0.05) is 5.02 Å². The molecule has 0 saturated heterocycles. The summed E-state index contributed by atoms with van der Waals surface area (Å²) in [5, 5.41) is 0.445. The number of halogens is 1. The van der Waals surface area contributed by atoms with Crippen molar-refractivity contribution in [3.05, 3.63) is 58.6 Å². The van der Waals surface area contributed by atoms with Gasteiger partial charge < -0.3 is 9.47 Å². The first-order valence-electron chi connectivity index (χ1n) is 7.68. The number of aryl methyl sites for hydroxylation is 1. The maximum atomic E-state index is 12.1. The van der Waals surface area contributed by atoms with Crippen molar-refractivity contribution in [3.8, 4) is 11.5 Å². The normalized spacial score (nSPS) is 10.0. The quantitative estimate of drug-likeness (QED) is 0.775. The molecule has 2 rings (SSSR count). The molecule has 132 valence electrons. The van der Waals surface area contributed by atoms with Crippen LogP contribution in [-0.2, 0) is 11.2 Å². The molecule has 0 spiro atoms. The fourth-order valence-electron chi connectivity index (χ4n) is 2.16. The van der Waals surface area contributed by atoms with Gasteiger partial charge in [-0.3, -0.25) is 20.4 Å². The molecule has 2 aromatic rings. The topological polar surface area (TPSA) is 76.7 Å². The van der Waals surface area contributed by atoms with Gasteiger partial charge in [-0.05, 0) is 36.2 Å². The molecule has 0 radical (unpaired) electrons. The van der Waals surface area contributed by atoms with E-state index in [0.717, 1.165) is 12.0 Å². The SMILES string of the molecule is CCc1ccccc1OCC(=O)NNC(=O)c1ccc(Cl)cc1OC. The number of rotatable bonds is 6. The zero-order valence-electron chi connectivity index (χ0n) is 14.0. The van der Waals surface area contributed by atoms with Crippen molar-refractivity contribution in [1.82, 2.24) is 10.9 Å². The Morgan fingerprint density at radius 3 is 2.56 bits per heavy atom. The highest BCUT2D eigenvalue weighted by molar-refractivity contribution is 6.30. The van der Waals surface area contributed by atoms with E-state index in [2.05, 4.69) is 10.9 Å². The average Bonchev–Trinajstić information content (AvgIpc) is 2.64. The predicted octanol–water partition coefficient (Wildman–Crippen LogP) is 2.75. The van der Waals surface area contributed by atoms with Gasteiger partial charge in [0.05, 0.1) is 12.7 Å². The number of ether oxygens (including phenoxy) is 2. The molecule has 25 heavy (non-hydrogen) atoms. The standard InChI is InChI=1S/C18H19ClN2O4/c1-3-12-6-4-5-7-15(12)25-11-17(22)20-21-18(23)14-9-8-13(19)10-16(14)24-2/h4-10H,3,11H2,1-2H3,(H,20,22)(H,21,23). The van der Waals surface area contributed by atoms with Crippen LogP contribution in [0.3, 0.4) is 0 Å². The van der Waals surface area contributed by atoms with E-state index in [-0.39, 0.29) is 12.2 Å². The summed E-state index contributed by atoms with van der Waals surface area (Å²) in [5.74, 6) is -0.0405. The molecule has 7 heteroatoms. The summed E-state index contributed by atoms with van der Waals surface area (Å²) in [7, 11) is 1.43. The van der Waals surface area contributed by atoms with E-state index < -0.39 is 11.8 Å². The lowest BCUT2D eigenvalue weighted by Gasteiger charge is -2.12. The number of benzene rings is 2. The summed E-state index contributed by atoms with van der Waals surface area (Å²) in [4.78, 5) is 24.0. The molecule has 0 unspecified atom stereocenters. The zero-order chi connectivity index (χ0) is 18.2. The first kappa shape index (κ1) is 18.6. The van der Waals surface area contributed by atoms with Crippen molar-refractivity contribution in [2.24, 2.45) is 0 Å². The molecular formula is C18H19ClN2O4. The summed E-state index contributed by atoms with van der Waals surface area (Å²) >= 11 is 5.85. The van der Waals surface area contributed by atoms with Crippen LogP contribution in [0.2, 0.25) is 5.02 Å². The van der Waals surface area contributed by atoms with Gasteiger partial charge in [-0.1, -0.05) is 36.7 Å². The summed E-state index contributed by atoms with van der Waals surface area (Å²) in [5.41, 5.74) is 5.88. The van der Waals surface area contributed by atoms with Gasteiger partial charge in [0.25, 0.3) is 11.8 Å². The highest BCUT2D eigenvalue weighted by Crippen LogP contribution is 2.22. The van der Waals surface area contributed by atoms with E-state index in [1.807, 2.05) is 25.1 Å². The molecule has 0 aliphatic rings. The van der Waals surface area contributed by atoms with Crippen LogP contribution >= 0.6 is 11.6 Å². The smallest absolute Gasteiger partial charge is 0.276 e. The van der Waals surface area contributed by atoms with Crippen molar-refractivity contribution in [1.29, 1.82) is 0 Å². The molecular weight excluding hydrogens is 344 g/mol. The van der Waals surface area contributed by atoms with E-state index in [1.165, 1.54) is 19.2 Å². The first-order chi connectivity index (χ1) is 12.0. The van der Waals surface area contributed by atoms with E-state index in [4.69, 9.17) is 21.1 Å². The second-order valence-corrected chi connectivity index (χ2v) is 5.53. The number of carbonyl (C=O) groups is 2. The highest BCUT2D eigenvalue weighted by atomic mass is 35.5. The van der Waals surface area contributed by atoms with Crippen molar-refractivity contribution in [2.45, 2.75) is 13.3 Å². The van der Waals surface area contributed by atoms with E-state index in [1.54, 1.807) is 12.1 Å². The third kappa shape index (κ3) is 5.12. The van der Waals surface area contributed by atoms with Crippen molar-refractivity contribution in [3.63, 3.8) is 0 Å². The van der Waals surface area contributed by atoms with Gasteiger partial charge in [-0.25, -0.2) is 0 Å². The van der Waals surface area contributed by atoms with E-state index >= 15 is 0 Å². The molecule has 2 N–H and O–H groups in total. The predicted molar refractivity (Wildman–Crippen MR) is 94.9 cm³/mol. The van der Waals surface area contributed by atoms with Crippen LogP contribution in [0.25, 0.3) is 0 Å². The molecule has 0 saturated carbocycles. The summed E-state index contributed by atoms with van der Waals surface area (Å²) < 4.78 is 10.6. The Hall–Kier alpha value is -2.73. The lowest BCUT2D eigenvalue weighted by molar-refractivity contribution is -0.123. The summed E-state index contributed by atoms with van der Waals surface area (Å²) in [6.45, 7) is 1.79. The largest absolute Gasteiger partial charge is 0.496 e. The Kier molecular flexibility index (Phi) is 6.65. The van der Waals surface area contributed by atoms with Gasteiger partial charge in [0.15, 0.2) is 6.61 Å². The number of para-hydroxylation sites is 1. The third-order valence-corrected chi connectivity index (χ3v) is 3.67. The van der Waals surface area contributed by atoms with Gasteiger partial charge in [0.2, 0.25) is 0 Å². The lowest BCUT2D eigenvalue weighted by atomic mass is 10.1.